The molecule has 0 spiro atoms. The molecule has 4 nitrogen and oxygen atoms in total. The summed E-state index contributed by atoms with van der Waals surface area (Å²) >= 11 is 0. The number of rotatable bonds is 5. The first-order valence-corrected chi connectivity index (χ1v) is 10.0. The molecular weight excluding hydrogens is 372 g/mol. The average molecular weight is 396 g/mol. The molecule has 0 fully saturated rings. The number of hydrogen-bond donors (Lipinski definition) is 1. The summed E-state index contributed by atoms with van der Waals surface area (Å²) in [6, 6.07) is 25.0. The van der Waals surface area contributed by atoms with E-state index in [9.17, 15) is 9.59 Å². The SMILES string of the molecule is CCCCC#Cc1ccccc1N(NC(=O)c1ccccc1)C(=O)c1ccccc1. The zero-order valence-corrected chi connectivity index (χ0v) is 17.0. The van der Waals surface area contributed by atoms with Crippen LogP contribution >= 0.6 is 0 Å². The predicted molar refractivity (Wildman–Crippen MR) is 120 cm³/mol. The minimum Gasteiger partial charge on any atom is -0.267 e. The van der Waals surface area contributed by atoms with Crippen molar-refractivity contribution < 1.29 is 9.59 Å². The lowest BCUT2D eigenvalue weighted by Gasteiger charge is -2.24. The number of hydrogen-bond acceptors (Lipinski definition) is 2. The predicted octanol–water partition coefficient (Wildman–Crippen LogP) is 5.22. The van der Waals surface area contributed by atoms with Crippen molar-refractivity contribution in [3.63, 3.8) is 0 Å². The molecule has 4 heteroatoms. The first kappa shape index (κ1) is 20.9. The number of nitrogens with one attached hydrogen (secondary N) is 1. The third-order valence-electron chi connectivity index (χ3n) is 4.50. The molecule has 2 amide bonds. The fourth-order valence-electron chi connectivity index (χ4n) is 2.88. The third-order valence-corrected chi connectivity index (χ3v) is 4.50. The molecule has 0 aromatic heterocycles. The molecule has 0 radical (unpaired) electrons. The van der Waals surface area contributed by atoms with Crippen LogP contribution in [0.2, 0.25) is 0 Å². The number of carbonyl (C=O) groups excluding carboxylic acids is 2. The van der Waals surface area contributed by atoms with Crippen LogP contribution in [0.5, 0.6) is 0 Å². The minimum atomic E-state index is -0.367. The van der Waals surface area contributed by atoms with E-state index in [0.717, 1.165) is 19.3 Å². The molecular formula is C26H24N2O2. The van der Waals surface area contributed by atoms with E-state index in [2.05, 4.69) is 24.2 Å². The van der Waals surface area contributed by atoms with Gasteiger partial charge in [-0.3, -0.25) is 15.0 Å². The van der Waals surface area contributed by atoms with Gasteiger partial charge in [-0.25, -0.2) is 5.01 Å². The molecule has 0 saturated carbocycles. The van der Waals surface area contributed by atoms with Gasteiger partial charge in [0, 0.05) is 17.5 Å². The van der Waals surface area contributed by atoms with Gasteiger partial charge in [0.15, 0.2) is 0 Å². The summed E-state index contributed by atoms with van der Waals surface area (Å²) in [5.74, 6) is 5.62. The van der Waals surface area contributed by atoms with E-state index in [1.807, 2.05) is 30.3 Å². The Morgan fingerprint density at radius 1 is 0.833 bits per heavy atom. The van der Waals surface area contributed by atoms with E-state index in [1.165, 1.54) is 5.01 Å². The Bertz CT molecular complexity index is 1050. The second kappa shape index (κ2) is 10.6. The molecule has 1 N–H and O–H groups in total. The summed E-state index contributed by atoms with van der Waals surface area (Å²) in [5, 5.41) is 1.29. The van der Waals surface area contributed by atoms with Crippen molar-refractivity contribution in [1.82, 2.24) is 5.43 Å². The Kier molecular flexibility index (Phi) is 7.40. The zero-order valence-electron chi connectivity index (χ0n) is 17.0. The second-order valence-electron chi connectivity index (χ2n) is 6.74. The van der Waals surface area contributed by atoms with Crippen LogP contribution in [0.15, 0.2) is 84.9 Å². The smallest absolute Gasteiger partial charge is 0.267 e. The summed E-state index contributed by atoms with van der Waals surface area (Å²) in [4.78, 5) is 26.1. The van der Waals surface area contributed by atoms with Crippen LogP contribution in [-0.4, -0.2) is 11.8 Å². The Morgan fingerprint density at radius 3 is 2.10 bits per heavy atom. The van der Waals surface area contributed by atoms with Gasteiger partial charge in [-0.15, -0.1) is 0 Å². The molecule has 0 atom stereocenters. The Morgan fingerprint density at radius 2 is 1.43 bits per heavy atom. The van der Waals surface area contributed by atoms with Crippen molar-refractivity contribution in [2.24, 2.45) is 0 Å². The Hall–Kier alpha value is -3.84. The topological polar surface area (TPSA) is 49.4 Å². The van der Waals surface area contributed by atoms with E-state index in [1.54, 1.807) is 54.6 Å². The number of unbranched alkanes of at least 4 members (excludes halogenated alkanes) is 2. The third kappa shape index (κ3) is 5.36. The number of amides is 2. The lowest BCUT2D eigenvalue weighted by Crippen LogP contribution is -2.47. The zero-order chi connectivity index (χ0) is 21.2. The van der Waals surface area contributed by atoms with Crippen LogP contribution in [0.4, 0.5) is 5.69 Å². The van der Waals surface area contributed by atoms with Crippen molar-refractivity contribution in [3.05, 3.63) is 102 Å². The van der Waals surface area contributed by atoms with Gasteiger partial charge in [0.05, 0.1) is 11.3 Å². The van der Waals surface area contributed by atoms with Gasteiger partial charge >= 0.3 is 0 Å². The maximum absolute atomic E-state index is 13.3. The lowest BCUT2D eigenvalue weighted by molar-refractivity contribution is 0.0887. The second-order valence-corrected chi connectivity index (χ2v) is 6.74. The number of benzene rings is 3. The lowest BCUT2D eigenvalue weighted by atomic mass is 10.1. The molecule has 0 unspecified atom stereocenters. The molecule has 3 aromatic carbocycles. The number of anilines is 1. The number of nitrogens with zero attached hydrogens (tertiary/aromatic N) is 1. The molecule has 0 aliphatic carbocycles. The highest BCUT2D eigenvalue weighted by atomic mass is 16.2. The van der Waals surface area contributed by atoms with Gasteiger partial charge in [0.2, 0.25) is 0 Å². The highest BCUT2D eigenvalue weighted by Gasteiger charge is 2.22. The number of hydrazine groups is 1. The first-order valence-electron chi connectivity index (χ1n) is 10.0. The molecule has 0 saturated heterocycles. The number of para-hydroxylation sites is 1. The van der Waals surface area contributed by atoms with Gasteiger partial charge < -0.3 is 0 Å². The Balaban J connectivity index is 1.98. The quantitative estimate of drug-likeness (QED) is 0.365. The van der Waals surface area contributed by atoms with E-state index < -0.39 is 0 Å². The Labute approximate surface area is 177 Å². The maximum atomic E-state index is 13.3. The van der Waals surface area contributed by atoms with E-state index in [0.29, 0.717) is 22.4 Å². The summed E-state index contributed by atoms with van der Waals surface area (Å²) < 4.78 is 0. The summed E-state index contributed by atoms with van der Waals surface area (Å²) in [7, 11) is 0. The molecule has 30 heavy (non-hydrogen) atoms. The van der Waals surface area contributed by atoms with Gasteiger partial charge in [-0.1, -0.05) is 73.7 Å². The van der Waals surface area contributed by atoms with Crippen LogP contribution in [0.25, 0.3) is 0 Å². The normalized spacial score (nSPS) is 9.90. The molecule has 0 heterocycles. The van der Waals surface area contributed by atoms with Gasteiger partial charge in [0.1, 0.15) is 0 Å². The van der Waals surface area contributed by atoms with Crippen LogP contribution in [-0.2, 0) is 0 Å². The fraction of sp³-hybridized carbons (Fsp3) is 0.154. The van der Waals surface area contributed by atoms with Crippen LogP contribution in [0, 0.1) is 11.8 Å². The highest BCUT2D eigenvalue weighted by Crippen LogP contribution is 2.21. The van der Waals surface area contributed by atoms with Gasteiger partial charge in [0.25, 0.3) is 11.8 Å². The highest BCUT2D eigenvalue weighted by molar-refractivity contribution is 6.09. The minimum absolute atomic E-state index is 0.331. The van der Waals surface area contributed by atoms with Crippen LogP contribution < -0.4 is 10.4 Å². The standard InChI is InChI=1S/C26H24N2O2/c1-2-3-4-7-14-21-15-12-13-20-24(21)28(26(30)23-18-10-6-11-19-23)27-25(29)22-16-8-5-9-17-22/h5-6,8-13,15-20H,2-4H2,1H3,(H,27,29). The van der Waals surface area contributed by atoms with E-state index in [4.69, 9.17) is 0 Å². The van der Waals surface area contributed by atoms with Crippen molar-refractivity contribution in [3.8, 4) is 11.8 Å². The van der Waals surface area contributed by atoms with Gasteiger partial charge in [-0.05, 0) is 42.8 Å². The van der Waals surface area contributed by atoms with E-state index in [-0.39, 0.29) is 11.8 Å². The average Bonchev–Trinajstić information content (AvgIpc) is 2.81. The number of carbonyl (C=O) groups is 2. The fourth-order valence-corrected chi connectivity index (χ4v) is 2.88. The van der Waals surface area contributed by atoms with Crippen molar-refractivity contribution in [2.45, 2.75) is 26.2 Å². The largest absolute Gasteiger partial charge is 0.277 e. The van der Waals surface area contributed by atoms with Gasteiger partial charge in [-0.2, -0.15) is 0 Å². The summed E-state index contributed by atoms with van der Waals surface area (Å²) in [6.07, 6.45) is 2.88. The van der Waals surface area contributed by atoms with E-state index >= 15 is 0 Å². The molecule has 3 rings (SSSR count). The summed E-state index contributed by atoms with van der Waals surface area (Å²) in [5.41, 5.74) is 4.93. The van der Waals surface area contributed by atoms with Crippen molar-refractivity contribution in [1.29, 1.82) is 0 Å². The summed E-state index contributed by atoms with van der Waals surface area (Å²) in [6.45, 7) is 2.12. The molecule has 0 aliphatic heterocycles. The maximum Gasteiger partial charge on any atom is 0.277 e. The van der Waals surface area contributed by atoms with Crippen LogP contribution in [0.1, 0.15) is 52.5 Å². The van der Waals surface area contributed by atoms with Crippen LogP contribution in [0.3, 0.4) is 0 Å². The van der Waals surface area contributed by atoms with Crippen molar-refractivity contribution >= 4 is 17.5 Å². The first-order chi connectivity index (χ1) is 14.7. The molecule has 0 bridgehead atoms. The molecule has 150 valence electrons. The molecule has 3 aromatic rings. The monoisotopic (exact) mass is 396 g/mol. The molecule has 0 aliphatic rings. The van der Waals surface area contributed by atoms with Crippen molar-refractivity contribution in [2.75, 3.05) is 5.01 Å².